The van der Waals surface area contributed by atoms with Gasteiger partial charge in [0.2, 0.25) is 0 Å². The molecule has 0 spiro atoms. The van der Waals surface area contributed by atoms with Crippen molar-refractivity contribution in [2.75, 3.05) is 43.6 Å². The maximum absolute atomic E-state index is 14.6. The minimum Gasteiger partial charge on any atom is -0.491 e. The molecule has 1 atom stereocenters. The molecule has 5 aromatic rings. The Labute approximate surface area is 284 Å². The number of para-hydroxylation sites is 1. The molecule has 250 valence electrons. The van der Waals surface area contributed by atoms with Gasteiger partial charge in [0.15, 0.2) is 39.2 Å². The van der Waals surface area contributed by atoms with Gasteiger partial charge in [-0.1, -0.05) is 35.3 Å². The number of nitrogens with one attached hydrogen (secondary N) is 2. The van der Waals surface area contributed by atoms with Gasteiger partial charge in [-0.2, -0.15) is 0 Å². The molecule has 2 aromatic carbocycles. The van der Waals surface area contributed by atoms with Crippen LogP contribution in [0.1, 0.15) is 39.3 Å². The molecule has 0 saturated heterocycles. The third kappa shape index (κ3) is 9.00. The maximum atomic E-state index is 14.6. The van der Waals surface area contributed by atoms with Crippen LogP contribution in [0.3, 0.4) is 0 Å². The van der Waals surface area contributed by atoms with E-state index in [2.05, 4.69) is 42.6 Å². The van der Waals surface area contributed by atoms with Gasteiger partial charge in [0.1, 0.15) is 0 Å². The number of aliphatic hydroxyl groups is 2. The first-order valence-electron chi connectivity index (χ1n) is 15.1. The number of aromatic carboxylic acids is 1. The first-order valence-corrected chi connectivity index (χ1v) is 16.7. The second kappa shape index (κ2) is 16.4. The number of ether oxygens (including phenoxy) is 1. The highest BCUT2D eigenvalue weighted by Gasteiger charge is 2.21. The second-order valence-electron chi connectivity index (χ2n) is 10.7. The number of hydrogen-bond donors (Lipinski definition) is 5. The van der Waals surface area contributed by atoms with Gasteiger partial charge >= 0.3 is 5.97 Å². The van der Waals surface area contributed by atoms with Crippen molar-refractivity contribution in [3.63, 3.8) is 0 Å². The summed E-state index contributed by atoms with van der Waals surface area (Å²) >= 11 is 2.76. The zero-order valence-corrected chi connectivity index (χ0v) is 27.9. The Morgan fingerprint density at radius 1 is 1.15 bits per heavy atom. The van der Waals surface area contributed by atoms with E-state index >= 15 is 0 Å². The lowest BCUT2D eigenvalue weighted by atomic mass is 10.2. The summed E-state index contributed by atoms with van der Waals surface area (Å²) in [6, 6.07) is 14.2. The van der Waals surface area contributed by atoms with Crippen LogP contribution in [0.2, 0.25) is 0 Å². The molecule has 0 saturated carbocycles. The third-order valence-corrected chi connectivity index (χ3v) is 9.20. The van der Waals surface area contributed by atoms with Crippen molar-refractivity contribution in [1.29, 1.82) is 0 Å². The average molecular weight is 692 g/mol. The summed E-state index contributed by atoms with van der Waals surface area (Å²) in [5.74, 6) is 5.20. The molecule has 0 aliphatic heterocycles. The highest BCUT2D eigenvalue weighted by Crippen LogP contribution is 2.33. The van der Waals surface area contributed by atoms with E-state index in [9.17, 15) is 19.4 Å². The standard InChI is InChI=1S/C33H34FN7O5S2/c1-20-17-28(39-40-30(20)38-32-36-24-8-3-4-9-26(24)47-32)41(2)33-37-29(31(44)45)27(48-33)10-6-16-46-25-12-11-21(18-23(25)34)7-5-14-35-15-13-22(43)19-42/h3-4,8-9,11-12,17-18,22,35,42-43H,6,10,13-16,19H2,1-2H3,(H,44,45)(H,36,38,40)/t22-/m0/s1. The number of aromatic nitrogens is 4. The van der Waals surface area contributed by atoms with Gasteiger partial charge in [0.05, 0.1) is 36.1 Å². The van der Waals surface area contributed by atoms with Gasteiger partial charge in [-0.3, -0.25) is 0 Å². The van der Waals surface area contributed by atoms with Gasteiger partial charge in [0, 0.05) is 17.5 Å². The van der Waals surface area contributed by atoms with Gasteiger partial charge in [-0.15, -0.1) is 21.5 Å². The van der Waals surface area contributed by atoms with Crippen molar-refractivity contribution >= 4 is 60.8 Å². The van der Waals surface area contributed by atoms with Gasteiger partial charge in [-0.25, -0.2) is 19.2 Å². The zero-order valence-electron chi connectivity index (χ0n) is 26.2. The van der Waals surface area contributed by atoms with Crippen LogP contribution < -0.4 is 20.3 Å². The molecular weight excluding hydrogens is 658 g/mol. The number of carboxylic acids is 1. The van der Waals surface area contributed by atoms with Crippen LogP contribution in [0.5, 0.6) is 5.75 Å². The highest BCUT2D eigenvalue weighted by molar-refractivity contribution is 7.22. The van der Waals surface area contributed by atoms with Crippen LogP contribution in [-0.4, -0.2) is 80.9 Å². The lowest BCUT2D eigenvalue weighted by molar-refractivity contribution is 0.0690. The Hall–Kier alpha value is -4.72. The van der Waals surface area contributed by atoms with Gasteiger partial charge in [0.25, 0.3) is 0 Å². The smallest absolute Gasteiger partial charge is 0.355 e. The normalized spacial score (nSPS) is 11.6. The van der Waals surface area contributed by atoms with Crippen LogP contribution in [0.15, 0.2) is 48.5 Å². The van der Waals surface area contributed by atoms with Crippen molar-refractivity contribution in [3.8, 4) is 17.6 Å². The van der Waals surface area contributed by atoms with E-state index in [1.807, 2.05) is 37.3 Å². The number of thiazole rings is 2. The average Bonchev–Trinajstić information content (AvgIpc) is 3.70. The molecule has 5 rings (SSSR count). The topological polar surface area (TPSA) is 166 Å². The van der Waals surface area contributed by atoms with Crippen LogP contribution in [0, 0.1) is 24.6 Å². The molecule has 0 fully saturated rings. The third-order valence-electron chi connectivity index (χ3n) is 7.06. The molecule has 0 radical (unpaired) electrons. The molecule has 48 heavy (non-hydrogen) atoms. The summed E-state index contributed by atoms with van der Waals surface area (Å²) in [5.41, 5.74) is 2.17. The Morgan fingerprint density at radius 3 is 2.73 bits per heavy atom. The molecule has 0 aliphatic rings. The van der Waals surface area contributed by atoms with Gasteiger partial charge in [-0.05, 0) is 74.7 Å². The van der Waals surface area contributed by atoms with E-state index in [1.165, 1.54) is 34.8 Å². The number of hydrogen-bond acceptors (Lipinski definition) is 13. The molecule has 3 aromatic heterocycles. The fourth-order valence-corrected chi connectivity index (χ4v) is 6.40. The van der Waals surface area contributed by atoms with Crippen molar-refractivity contribution in [1.82, 2.24) is 25.5 Å². The summed E-state index contributed by atoms with van der Waals surface area (Å²) in [5, 5.41) is 44.0. The fourth-order valence-electron chi connectivity index (χ4n) is 4.47. The molecule has 0 bridgehead atoms. The quantitative estimate of drug-likeness (QED) is 0.0746. The molecule has 0 aliphatic carbocycles. The highest BCUT2D eigenvalue weighted by atomic mass is 32.1. The predicted molar refractivity (Wildman–Crippen MR) is 184 cm³/mol. The number of anilines is 4. The lowest BCUT2D eigenvalue weighted by Crippen LogP contribution is -2.22. The number of nitrogens with zero attached hydrogens (tertiary/aromatic N) is 5. The molecule has 15 heteroatoms. The lowest BCUT2D eigenvalue weighted by Gasteiger charge is -2.15. The minimum absolute atomic E-state index is 0.0474. The SMILES string of the molecule is Cc1cc(N(C)c2nc(C(=O)O)c(CCCOc3ccc(C#CCNCC[C@H](O)CO)cc3F)s2)nnc1Nc1nc2ccccc2s1. The van der Waals surface area contributed by atoms with Crippen molar-refractivity contribution in [3.05, 3.63) is 76.0 Å². The predicted octanol–water partition coefficient (Wildman–Crippen LogP) is 4.90. The maximum Gasteiger partial charge on any atom is 0.355 e. The van der Waals surface area contributed by atoms with Crippen LogP contribution in [0.4, 0.5) is 26.3 Å². The van der Waals surface area contributed by atoms with E-state index < -0.39 is 17.9 Å². The Morgan fingerprint density at radius 2 is 1.98 bits per heavy atom. The van der Waals surface area contributed by atoms with Gasteiger partial charge < -0.3 is 35.6 Å². The van der Waals surface area contributed by atoms with E-state index in [0.717, 1.165) is 15.8 Å². The minimum atomic E-state index is -1.14. The molecular formula is C33H34FN7O5S2. The van der Waals surface area contributed by atoms with Crippen molar-refractivity contribution < 1.29 is 29.2 Å². The Kier molecular flexibility index (Phi) is 11.8. The Balaban J connectivity index is 1.15. The first-order chi connectivity index (χ1) is 23.2. The van der Waals surface area contributed by atoms with Crippen molar-refractivity contribution in [2.24, 2.45) is 0 Å². The summed E-state index contributed by atoms with van der Waals surface area (Å²) in [6.07, 6.45) is 0.457. The van der Waals surface area contributed by atoms with E-state index in [1.54, 1.807) is 18.0 Å². The largest absolute Gasteiger partial charge is 0.491 e. The van der Waals surface area contributed by atoms with Crippen LogP contribution in [-0.2, 0) is 6.42 Å². The number of halogens is 1. The summed E-state index contributed by atoms with van der Waals surface area (Å²) in [7, 11) is 1.75. The van der Waals surface area contributed by atoms with Crippen LogP contribution >= 0.6 is 22.7 Å². The number of rotatable bonds is 15. The number of benzene rings is 2. The first kappa shape index (κ1) is 34.6. The number of carboxylic acid groups (broad SMARTS) is 1. The number of carbonyl (C=O) groups is 1. The van der Waals surface area contributed by atoms with Crippen molar-refractivity contribution in [2.45, 2.75) is 32.3 Å². The zero-order chi connectivity index (χ0) is 34.0. The molecule has 5 N–H and O–H groups in total. The number of fused-ring (bicyclic) bond motifs is 1. The summed E-state index contributed by atoms with van der Waals surface area (Å²) < 4.78 is 21.3. The van der Waals surface area contributed by atoms with E-state index in [-0.39, 0.29) is 24.7 Å². The molecule has 0 amide bonds. The monoisotopic (exact) mass is 691 g/mol. The van der Waals surface area contributed by atoms with Crippen LogP contribution in [0.25, 0.3) is 10.2 Å². The second-order valence-corrected chi connectivity index (χ2v) is 12.8. The summed E-state index contributed by atoms with van der Waals surface area (Å²) in [4.78, 5) is 23.2. The Bertz CT molecular complexity index is 1910. The number of aliphatic hydroxyl groups excluding tert-OH is 2. The summed E-state index contributed by atoms with van der Waals surface area (Å²) in [6.45, 7) is 2.64. The molecule has 0 unspecified atom stereocenters. The van der Waals surface area contributed by atoms with E-state index in [4.69, 9.17) is 9.84 Å². The number of aryl methyl sites for hydroxylation is 2. The fraction of sp³-hybridized carbons (Fsp3) is 0.303. The molecule has 12 nitrogen and oxygen atoms in total. The molecule has 3 heterocycles. The van der Waals surface area contributed by atoms with E-state index in [0.29, 0.717) is 64.7 Å².